The molecule has 2 amide bonds. The summed E-state index contributed by atoms with van der Waals surface area (Å²) in [5.74, 6) is 0.315. The summed E-state index contributed by atoms with van der Waals surface area (Å²) in [4.78, 5) is 40.3. The van der Waals surface area contributed by atoms with E-state index in [2.05, 4.69) is 6.07 Å². The van der Waals surface area contributed by atoms with Gasteiger partial charge in [-0.15, -0.1) is 0 Å². The molecule has 1 aliphatic heterocycles. The van der Waals surface area contributed by atoms with Crippen molar-refractivity contribution in [3.8, 4) is 17.6 Å². The van der Waals surface area contributed by atoms with E-state index in [1.807, 2.05) is 43.3 Å². The zero-order chi connectivity index (χ0) is 28.4. The molecular weight excluding hydrogens is 506 g/mol. The second-order valence-electron chi connectivity index (χ2n) is 9.61. The number of aryl methyl sites for hydroxylation is 1. The van der Waals surface area contributed by atoms with Crippen molar-refractivity contribution in [3.05, 3.63) is 128 Å². The van der Waals surface area contributed by atoms with Crippen molar-refractivity contribution in [2.75, 3.05) is 7.11 Å². The van der Waals surface area contributed by atoms with Crippen LogP contribution in [0, 0.1) is 25.2 Å². The summed E-state index contributed by atoms with van der Waals surface area (Å²) >= 11 is 0. The highest BCUT2D eigenvalue weighted by Gasteiger charge is 2.35. The number of methoxy groups -OCH3 is 1. The topological polar surface area (TPSA) is 102 Å². The number of imide groups is 1. The summed E-state index contributed by atoms with van der Waals surface area (Å²) in [6.07, 6.45) is 0. The fraction of sp³-hybridized carbons (Fsp3) is 0.188. The quantitative estimate of drug-likeness (QED) is 0.303. The lowest BCUT2D eigenvalue weighted by molar-refractivity contribution is 0.0641. The molecule has 0 unspecified atom stereocenters. The first-order chi connectivity index (χ1) is 19.3. The normalized spacial score (nSPS) is 12.3. The van der Waals surface area contributed by atoms with Gasteiger partial charge in [0.15, 0.2) is 0 Å². The molecule has 1 aliphatic rings. The van der Waals surface area contributed by atoms with Crippen molar-refractivity contribution >= 4 is 11.8 Å². The average molecular weight is 534 g/mol. The van der Waals surface area contributed by atoms with E-state index in [1.165, 1.54) is 12.0 Å². The number of hydrogen-bond acceptors (Lipinski definition) is 6. The molecule has 4 aromatic rings. The lowest BCUT2D eigenvalue weighted by atomic mass is 10.1. The molecule has 0 aliphatic carbocycles. The third-order valence-corrected chi connectivity index (χ3v) is 7.13. The minimum atomic E-state index is -0.315. The first-order valence-electron chi connectivity index (χ1n) is 12.7. The largest absolute Gasteiger partial charge is 0.495 e. The fourth-order valence-corrected chi connectivity index (χ4v) is 4.87. The molecule has 0 radical (unpaired) electrons. The number of nitrogens with zero attached hydrogens (tertiary/aromatic N) is 3. The van der Waals surface area contributed by atoms with Gasteiger partial charge < -0.3 is 14.0 Å². The summed E-state index contributed by atoms with van der Waals surface area (Å²) in [5, 5.41) is 9.40. The zero-order valence-electron chi connectivity index (χ0n) is 22.4. The second-order valence-corrected chi connectivity index (χ2v) is 9.61. The van der Waals surface area contributed by atoms with Gasteiger partial charge in [-0.2, -0.15) is 5.26 Å². The molecule has 0 saturated carbocycles. The monoisotopic (exact) mass is 533 g/mol. The maximum absolute atomic E-state index is 13.3. The standard InChI is InChI=1S/C32H27N3O5/c1-20-14-29(21(2)30(36)34(20)17-22-12-13-28(39-3)25(15-22)16-33)40-19-24-9-5-4-8-23(24)18-35-31(37)26-10-6-7-11-27(26)32(35)38/h4-15H,17-19H2,1-3H3. The average Bonchev–Trinajstić information content (AvgIpc) is 3.21. The van der Waals surface area contributed by atoms with Crippen molar-refractivity contribution in [3.63, 3.8) is 0 Å². The van der Waals surface area contributed by atoms with Crippen molar-refractivity contribution in [2.24, 2.45) is 0 Å². The summed E-state index contributed by atoms with van der Waals surface area (Å²) in [5.41, 5.74) is 4.59. The number of benzene rings is 3. The lowest BCUT2D eigenvalue weighted by Crippen LogP contribution is -2.29. The van der Waals surface area contributed by atoms with E-state index < -0.39 is 0 Å². The Morgan fingerprint density at radius 1 is 0.800 bits per heavy atom. The molecule has 8 nitrogen and oxygen atoms in total. The maximum atomic E-state index is 13.3. The molecule has 8 heteroatoms. The summed E-state index contributed by atoms with van der Waals surface area (Å²) in [6, 6.07) is 23.5. The van der Waals surface area contributed by atoms with E-state index >= 15 is 0 Å². The van der Waals surface area contributed by atoms with Gasteiger partial charge in [0, 0.05) is 5.69 Å². The van der Waals surface area contributed by atoms with Crippen LogP contribution < -0.4 is 15.0 Å². The van der Waals surface area contributed by atoms with Gasteiger partial charge in [0.1, 0.15) is 24.2 Å². The first kappa shape index (κ1) is 26.4. The van der Waals surface area contributed by atoms with Crippen LogP contribution in [0.4, 0.5) is 0 Å². The van der Waals surface area contributed by atoms with Crippen LogP contribution in [0.15, 0.2) is 77.6 Å². The highest BCUT2D eigenvalue weighted by Crippen LogP contribution is 2.26. The van der Waals surface area contributed by atoms with E-state index in [4.69, 9.17) is 9.47 Å². The number of hydrogen-bond donors (Lipinski definition) is 0. The summed E-state index contributed by atoms with van der Waals surface area (Å²) in [6.45, 7) is 4.13. The number of pyridine rings is 1. The molecule has 40 heavy (non-hydrogen) atoms. The Hall–Kier alpha value is -5.16. The first-order valence-corrected chi connectivity index (χ1v) is 12.7. The predicted octanol–water partition coefficient (Wildman–Crippen LogP) is 4.77. The van der Waals surface area contributed by atoms with Crippen LogP contribution in [-0.4, -0.2) is 28.4 Å². The van der Waals surface area contributed by atoms with E-state index in [9.17, 15) is 19.6 Å². The van der Waals surface area contributed by atoms with Crippen molar-refractivity contribution < 1.29 is 19.1 Å². The van der Waals surface area contributed by atoms with Crippen LogP contribution in [0.25, 0.3) is 0 Å². The highest BCUT2D eigenvalue weighted by atomic mass is 16.5. The Morgan fingerprint density at radius 3 is 2.10 bits per heavy atom. The SMILES string of the molecule is COc1ccc(Cn2c(C)cc(OCc3ccccc3CN3C(=O)c4ccccc4C3=O)c(C)c2=O)cc1C#N. The number of amides is 2. The number of rotatable bonds is 8. The Kier molecular flexibility index (Phi) is 7.21. The van der Waals surface area contributed by atoms with Gasteiger partial charge >= 0.3 is 0 Å². The summed E-state index contributed by atoms with van der Waals surface area (Å²) in [7, 11) is 1.51. The van der Waals surface area contributed by atoms with Crippen molar-refractivity contribution in [1.82, 2.24) is 9.47 Å². The third kappa shape index (κ3) is 4.85. The molecule has 2 heterocycles. The molecule has 5 rings (SSSR count). The Morgan fingerprint density at radius 2 is 1.45 bits per heavy atom. The third-order valence-electron chi connectivity index (χ3n) is 7.13. The molecule has 0 atom stereocenters. The predicted molar refractivity (Wildman–Crippen MR) is 148 cm³/mol. The Balaban J connectivity index is 1.34. The molecule has 200 valence electrons. The van der Waals surface area contributed by atoms with Crippen molar-refractivity contribution in [1.29, 1.82) is 5.26 Å². The van der Waals surface area contributed by atoms with Gasteiger partial charge in [-0.05, 0) is 60.9 Å². The van der Waals surface area contributed by atoms with Gasteiger partial charge in [-0.1, -0.05) is 42.5 Å². The van der Waals surface area contributed by atoms with Crippen LogP contribution >= 0.6 is 0 Å². The van der Waals surface area contributed by atoms with Gasteiger partial charge in [-0.25, -0.2) is 0 Å². The smallest absolute Gasteiger partial charge is 0.261 e. The van der Waals surface area contributed by atoms with E-state index in [-0.39, 0.29) is 30.5 Å². The van der Waals surface area contributed by atoms with Gasteiger partial charge in [0.25, 0.3) is 17.4 Å². The van der Waals surface area contributed by atoms with Crippen LogP contribution in [-0.2, 0) is 19.7 Å². The highest BCUT2D eigenvalue weighted by molar-refractivity contribution is 6.21. The molecule has 0 fully saturated rings. The molecule has 0 saturated heterocycles. The zero-order valence-corrected chi connectivity index (χ0v) is 22.4. The number of carbonyl (C=O) groups excluding carboxylic acids is 2. The van der Waals surface area contributed by atoms with Crippen molar-refractivity contribution in [2.45, 2.75) is 33.5 Å². The summed E-state index contributed by atoms with van der Waals surface area (Å²) < 4.78 is 13.0. The van der Waals surface area contributed by atoms with E-state index in [0.29, 0.717) is 46.0 Å². The lowest BCUT2D eigenvalue weighted by Gasteiger charge is -2.18. The van der Waals surface area contributed by atoms with Crippen LogP contribution in [0.2, 0.25) is 0 Å². The Labute approximate surface area is 231 Å². The van der Waals surface area contributed by atoms with Gasteiger partial charge in [0.05, 0.1) is 42.5 Å². The number of ether oxygens (including phenoxy) is 2. The molecule has 0 bridgehead atoms. The number of fused-ring (bicyclic) bond motifs is 1. The minimum absolute atomic E-state index is 0.123. The fourth-order valence-electron chi connectivity index (χ4n) is 4.87. The molecule has 0 spiro atoms. The number of carbonyl (C=O) groups is 2. The second kappa shape index (κ2) is 10.9. The van der Waals surface area contributed by atoms with Gasteiger partial charge in [-0.3, -0.25) is 19.3 Å². The van der Waals surface area contributed by atoms with Crippen LogP contribution in [0.1, 0.15) is 54.2 Å². The molecule has 3 aromatic carbocycles. The maximum Gasteiger partial charge on any atom is 0.261 e. The van der Waals surface area contributed by atoms with E-state index in [0.717, 1.165) is 16.7 Å². The van der Waals surface area contributed by atoms with Crippen LogP contribution in [0.5, 0.6) is 11.5 Å². The molecule has 1 aromatic heterocycles. The Bertz CT molecular complexity index is 1710. The minimum Gasteiger partial charge on any atom is -0.495 e. The number of aromatic nitrogens is 1. The molecule has 0 N–H and O–H groups in total. The van der Waals surface area contributed by atoms with Crippen LogP contribution in [0.3, 0.4) is 0 Å². The van der Waals surface area contributed by atoms with Gasteiger partial charge in [0.2, 0.25) is 0 Å². The molecular formula is C32H27N3O5. The van der Waals surface area contributed by atoms with E-state index in [1.54, 1.807) is 47.9 Å². The number of nitriles is 1.